The summed E-state index contributed by atoms with van der Waals surface area (Å²) in [5.41, 5.74) is 16.1. The van der Waals surface area contributed by atoms with Crippen LogP contribution in [-0.4, -0.2) is 76.5 Å². The Kier molecular flexibility index (Phi) is 14.1. The number of nitrogens with one attached hydrogen (secondary N) is 3. The summed E-state index contributed by atoms with van der Waals surface area (Å²) in [4.78, 5) is 71.2. The van der Waals surface area contributed by atoms with E-state index in [9.17, 15) is 33.9 Å². The molecule has 0 aliphatic rings. The molecule has 0 aromatic heterocycles. The number of carbonyl (C=O) groups is 6. The first-order valence-electron chi connectivity index (χ1n) is 10.9. The molecule has 34 heavy (non-hydrogen) atoms. The summed E-state index contributed by atoms with van der Waals surface area (Å²) in [5, 5.41) is 25.4. The second kappa shape index (κ2) is 15.6. The van der Waals surface area contributed by atoms with Crippen LogP contribution in [0, 0.1) is 5.92 Å². The third-order valence-corrected chi connectivity index (χ3v) is 4.86. The lowest BCUT2D eigenvalue weighted by atomic mass is 10.0. The van der Waals surface area contributed by atoms with Gasteiger partial charge in [-0.3, -0.25) is 24.0 Å². The van der Waals surface area contributed by atoms with E-state index in [-0.39, 0.29) is 19.3 Å². The van der Waals surface area contributed by atoms with Gasteiger partial charge in [0.1, 0.15) is 18.1 Å². The van der Waals surface area contributed by atoms with Gasteiger partial charge in [-0.05, 0) is 38.1 Å². The molecule has 0 bridgehead atoms. The monoisotopic (exact) mass is 488 g/mol. The number of nitrogens with two attached hydrogens (primary N) is 3. The van der Waals surface area contributed by atoms with E-state index in [1.54, 1.807) is 13.8 Å². The number of hydrogen-bond acceptors (Lipinski definition) is 8. The minimum absolute atomic E-state index is 0.0433. The molecule has 14 heteroatoms. The van der Waals surface area contributed by atoms with E-state index in [0.29, 0.717) is 19.4 Å². The summed E-state index contributed by atoms with van der Waals surface area (Å²) < 4.78 is 0. The third-order valence-electron chi connectivity index (χ3n) is 4.86. The van der Waals surface area contributed by atoms with Gasteiger partial charge in [0, 0.05) is 6.42 Å². The van der Waals surface area contributed by atoms with Crippen LogP contribution >= 0.6 is 0 Å². The standard InChI is InChI=1S/C20H36N6O8/c1-10(2)16(26-17(30)11(22)6-7-14(23)27)19(32)25-13(9-15(28)29)18(31)24-12(20(33)34)5-3-4-8-21/h10-13,16H,3-9,21-22H2,1-2H3,(H2,23,27)(H,24,31)(H,25,32)(H,26,30)(H,28,29)(H,33,34). The fourth-order valence-corrected chi connectivity index (χ4v) is 2.89. The van der Waals surface area contributed by atoms with E-state index in [1.165, 1.54) is 0 Å². The zero-order chi connectivity index (χ0) is 26.4. The summed E-state index contributed by atoms with van der Waals surface area (Å²) in [6.07, 6.45) is 0.0271. The Labute approximate surface area is 197 Å². The van der Waals surface area contributed by atoms with Crippen molar-refractivity contribution in [2.45, 2.75) is 76.5 Å². The van der Waals surface area contributed by atoms with Crippen molar-refractivity contribution in [1.29, 1.82) is 0 Å². The fraction of sp³-hybridized carbons (Fsp3) is 0.700. The number of carbonyl (C=O) groups excluding carboxylic acids is 4. The molecule has 14 nitrogen and oxygen atoms in total. The third kappa shape index (κ3) is 12.1. The molecule has 11 N–H and O–H groups in total. The van der Waals surface area contributed by atoms with Crippen molar-refractivity contribution >= 4 is 35.6 Å². The largest absolute Gasteiger partial charge is 0.481 e. The molecule has 194 valence electrons. The number of carboxylic acids is 2. The van der Waals surface area contributed by atoms with Crippen LogP contribution in [0.3, 0.4) is 0 Å². The highest BCUT2D eigenvalue weighted by molar-refractivity contribution is 5.95. The molecule has 4 unspecified atom stereocenters. The Morgan fingerprint density at radius 3 is 1.88 bits per heavy atom. The van der Waals surface area contributed by atoms with E-state index in [1.807, 2.05) is 0 Å². The van der Waals surface area contributed by atoms with Crippen molar-refractivity contribution in [2.75, 3.05) is 6.54 Å². The first-order valence-corrected chi connectivity index (χ1v) is 10.9. The number of rotatable bonds is 17. The molecule has 4 atom stereocenters. The predicted molar refractivity (Wildman–Crippen MR) is 120 cm³/mol. The Hall–Kier alpha value is -3.26. The summed E-state index contributed by atoms with van der Waals surface area (Å²) in [7, 11) is 0. The average Bonchev–Trinajstić information content (AvgIpc) is 2.73. The van der Waals surface area contributed by atoms with Gasteiger partial charge in [-0.15, -0.1) is 0 Å². The minimum atomic E-state index is -1.59. The maximum Gasteiger partial charge on any atom is 0.326 e. The van der Waals surface area contributed by atoms with Crippen molar-refractivity contribution in [3.05, 3.63) is 0 Å². The highest BCUT2D eigenvalue weighted by atomic mass is 16.4. The molecule has 0 aliphatic carbocycles. The SMILES string of the molecule is CC(C)C(NC(=O)C(N)CCC(N)=O)C(=O)NC(CC(=O)O)C(=O)NC(CCCCN)C(=O)O. The van der Waals surface area contributed by atoms with E-state index in [4.69, 9.17) is 22.3 Å². The van der Waals surface area contributed by atoms with Gasteiger partial charge in [-0.25, -0.2) is 4.79 Å². The molecule has 0 radical (unpaired) electrons. The van der Waals surface area contributed by atoms with Gasteiger partial charge in [0.25, 0.3) is 0 Å². The number of carboxylic acid groups (broad SMARTS) is 2. The van der Waals surface area contributed by atoms with Crippen LogP contribution in [0.1, 0.15) is 52.4 Å². The maximum absolute atomic E-state index is 12.8. The van der Waals surface area contributed by atoms with Gasteiger partial charge in [-0.2, -0.15) is 0 Å². The molecule has 4 amide bonds. The summed E-state index contributed by atoms with van der Waals surface area (Å²) >= 11 is 0. The number of hydrogen-bond donors (Lipinski definition) is 8. The Morgan fingerprint density at radius 1 is 0.824 bits per heavy atom. The quantitative estimate of drug-likeness (QED) is 0.0988. The van der Waals surface area contributed by atoms with E-state index in [2.05, 4.69) is 16.0 Å². The highest BCUT2D eigenvalue weighted by Gasteiger charge is 2.32. The molecule has 0 aromatic carbocycles. The molecule has 0 saturated carbocycles. The number of aliphatic carboxylic acids is 2. The van der Waals surface area contributed by atoms with Crippen LogP contribution in [-0.2, 0) is 28.8 Å². The van der Waals surface area contributed by atoms with Gasteiger partial charge in [0.2, 0.25) is 23.6 Å². The molecule has 0 fully saturated rings. The number of primary amides is 1. The summed E-state index contributed by atoms with van der Waals surface area (Å²) in [6, 6.07) is -5.19. The summed E-state index contributed by atoms with van der Waals surface area (Å²) in [5.74, 6) is -6.45. The second-order valence-corrected chi connectivity index (χ2v) is 8.18. The molecule has 0 rings (SSSR count). The fourth-order valence-electron chi connectivity index (χ4n) is 2.89. The summed E-state index contributed by atoms with van der Waals surface area (Å²) in [6.45, 7) is 3.54. The van der Waals surface area contributed by atoms with Crippen LogP contribution < -0.4 is 33.2 Å². The van der Waals surface area contributed by atoms with Crippen LogP contribution in [0.2, 0.25) is 0 Å². The van der Waals surface area contributed by atoms with Crippen LogP contribution in [0.15, 0.2) is 0 Å². The van der Waals surface area contributed by atoms with Crippen LogP contribution in [0.4, 0.5) is 0 Å². The minimum Gasteiger partial charge on any atom is -0.481 e. The van der Waals surface area contributed by atoms with Gasteiger partial charge in [0.05, 0.1) is 12.5 Å². The van der Waals surface area contributed by atoms with Crippen LogP contribution in [0.5, 0.6) is 0 Å². The second-order valence-electron chi connectivity index (χ2n) is 8.18. The molecule has 0 saturated heterocycles. The van der Waals surface area contributed by atoms with Crippen LogP contribution in [0.25, 0.3) is 0 Å². The zero-order valence-corrected chi connectivity index (χ0v) is 19.4. The Bertz CT molecular complexity index is 745. The number of unbranched alkanes of at least 4 members (excludes halogenated alkanes) is 1. The molecular formula is C20H36N6O8. The van der Waals surface area contributed by atoms with Crippen molar-refractivity contribution in [2.24, 2.45) is 23.1 Å². The van der Waals surface area contributed by atoms with Crippen molar-refractivity contribution in [3.8, 4) is 0 Å². The lowest BCUT2D eigenvalue weighted by Gasteiger charge is -2.26. The lowest BCUT2D eigenvalue weighted by molar-refractivity contribution is -0.144. The zero-order valence-electron chi connectivity index (χ0n) is 19.4. The predicted octanol–water partition coefficient (Wildman–Crippen LogP) is -2.62. The smallest absolute Gasteiger partial charge is 0.326 e. The normalized spacial score (nSPS) is 14.4. The Balaban J connectivity index is 5.37. The molecule has 0 aliphatic heterocycles. The van der Waals surface area contributed by atoms with E-state index >= 15 is 0 Å². The molecule has 0 spiro atoms. The molecule has 0 heterocycles. The van der Waals surface area contributed by atoms with Gasteiger partial charge >= 0.3 is 11.9 Å². The molecular weight excluding hydrogens is 452 g/mol. The van der Waals surface area contributed by atoms with Gasteiger partial charge in [-0.1, -0.05) is 13.8 Å². The van der Waals surface area contributed by atoms with Crippen molar-refractivity contribution in [1.82, 2.24) is 16.0 Å². The van der Waals surface area contributed by atoms with E-state index in [0.717, 1.165) is 0 Å². The van der Waals surface area contributed by atoms with E-state index < -0.39 is 72.1 Å². The average molecular weight is 489 g/mol. The molecule has 0 aromatic rings. The topological polar surface area (TPSA) is 257 Å². The highest BCUT2D eigenvalue weighted by Crippen LogP contribution is 2.07. The first-order chi connectivity index (χ1) is 15.8. The first kappa shape index (κ1) is 30.7. The Morgan fingerprint density at radius 2 is 1.41 bits per heavy atom. The van der Waals surface area contributed by atoms with Gasteiger partial charge < -0.3 is 43.4 Å². The lowest BCUT2D eigenvalue weighted by Crippen LogP contribution is -2.58. The van der Waals surface area contributed by atoms with Crippen molar-refractivity contribution in [3.63, 3.8) is 0 Å². The van der Waals surface area contributed by atoms with Crippen molar-refractivity contribution < 1.29 is 39.0 Å². The van der Waals surface area contributed by atoms with Gasteiger partial charge in [0.15, 0.2) is 0 Å². The number of amides is 4. The maximum atomic E-state index is 12.8.